The van der Waals surface area contributed by atoms with Crippen molar-refractivity contribution in [1.82, 2.24) is 15.6 Å². The van der Waals surface area contributed by atoms with Gasteiger partial charge in [0.05, 0.1) is 28.8 Å². The van der Waals surface area contributed by atoms with Crippen molar-refractivity contribution in [2.75, 3.05) is 20.2 Å². The molecule has 2 heterocycles. The van der Waals surface area contributed by atoms with Crippen molar-refractivity contribution in [3.05, 3.63) is 57.2 Å². The Morgan fingerprint density at radius 1 is 1.25 bits per heavy atom. The number of hydrogen-bond acceptors (Lipinski definition) is 6. The Hall–Kier alpha value is -2.42. The first-order valence-electron chi connectivity index (χ1n) is 8.90. The highest BCUT2D eigenvalue weighted by atomic mass is 32.1. The van der Waals surface area contributed by atoms with E-state index in [1.807, 2.05) is 19.1 Å². The van der Waals surface area contributed by atoms with E-state index >= 15 is 0 Å². The number of aromatic nitrogens is 1. The molecule has 0 saturated heterocycles. The molecule has 0 aliphatic carbocycles. The molecular formula is C20H23N3O3S2. The van der Waals surface area contributed by atoms with Gasteiger partial charge in [0.15, 0.2) is 0 Å². The van der Waals surface area contributed by atoms with E-state index in [4.69, 9.17) is 4.74 Å². The third kappa shape index (κ3) is 5.31. The Balaban J connectivity index is 1.42. The van der Waals surface area contributed by atoms with E-state index in [1.54, 1.807) is 41.9 Å². The minimum Gasteiger partial charge on any atom is -0.496 e. The molecule has 2 amide bonds. The van der Waals surface area contributed by atoms with Gasteiger partial charge in [-0.1, -0.05) is 18.2 Å². The fourth-order valence-corrected chi connectivity index (χ4v) is 4.38. The van der Waals surface area contributed by atoms with Gasteiger partial charge in [-0.05, 0) is 31.5 Å². The number of aliphatic hydroxyl groups excluding tert-OH is 1. The van der Waals surface area contributed by atoms with Gasteiger partial charge in [-0.2, -0.15) is 0 Å². The van der Waals surface area contributed by atoms with Crippen LogP contribution in [0.4, 0.5) is 4.79 Å². The molecule has 1 aromatic carbocycles. The summed E-state index contributed by atoms with van der Waals surface area (Å²) in [5, 5.41) is 18.9. The number of thiophene rings is 1. The molecule has 3 N–H and O–H groups in total. The van der Waals surface area contributed by atoms with Gasteiger partial charge in [0, 0.05) is 28.9 Å². The molecule has 28 heavy (non-hydrogen) atoms. The van der Waals surface area contributed by atoms with Crippen LogP contribution in [0.2, 0.25) is 0 Å². The van der Waals surface area contributed by atoms with Crippen LogP contribution in [0.15, 0.2) is 41.8 Å². The lowest BCUT2D eigenvalue weighted by Crippen LogP contribution is -2.38. The molecule has 2 aromatic heterocycles. The molecule has 148 valence electrons. The Kier molecular flexibility index (Phi) is 7.02. The molecule has 0 bridgehead atoms. The largest absolute Gasteiger partial charge is 0.496 e. The van der Waals surface area contributed by atoms with Crippen LogP contribution in [0.5, 0.6) is 5.75 Å². The number of para-hydroxylation sites is 1. The number of thiazole rings is 1. The zero-order chi connectivity index (χ0) is 19.9. The third-order valence-electron chi connectivity index (χ3n) is 4.14. The normalized spacial score (nSPS) is 11.8. The number of rotatable bonds is 8. The van der Waals surface area contributed by atoms with Crippen molar-refractivity contribution >= 4 is 28.7 Å². The van der Waals surface area contributed by atoms with Crippen molar-refractivity contribution in [2.24, 2.45) is 0 Å². The standard InChI is InChI=1S/C20H23N3O3S2/c1-13-23-16(12-27-13)19-8-7-14(28-19)9-10-21-20(25)22-11-17(24)15-5-3-4-6-18(15)26-2/h3-8,12,17,24H,9-11H2,1-2H3,(H2,21,22,25). The second-order valence-electron chi connectivity index (χ2n) is 6.16. The van der Waals surface area contributed by atoms with E-state index in [1.165, 1.54) is 4.88 Å². The number of hydrogen-bond donors (Lipinski definition) is 3. The Morgan fingerprint density at radius 2 is 2.07 bits per heavy atom. The fraction of sp³-hybridized carbons (Fsp3) is 0.300. The summed E-state index contributed by atoms with van der Waals surface area (Å²) in [6.45, 7) is 2.63. The molecule has 1 atom stereocenters. The van der Waals surface area contributed by atoms with Crippen molar-refractivity contribution in [2.45, 2.75) is 19.4 Å². The summed E-state index contributed by atoms with van der Waals surface area (Å²) >= 11 is 3.33. The van der Waals surface area contributed by atoms with E-state index in [2.05, 4.69) is 33.1 Å². The summed E-state index contributed by atoms with van der Waals surface area (Å²) in [5.41, 5.74) is 1.66. The smallest absolute Gasteiger partial charge is 0.314 e. The molecule has 1 unspecified atom stereocenters. The molecule has 8 heteroatoms. The summed E-state index contributed by atoms with van der Waals surface area (Å²) in [5.74, 6) is 0.598. The van der Waals surface area contributed by atoms with Crippen LogP contribution >= 0.6 is 22.7 Å². The van der Waals surface area contributed by atoms with Gasteiger partial charge in [0.25, 0.3) is 0 Å². The minimum absolute atomic E-state index is 0.110. The summed E-state index contributed by atoms with van der Waals surface area (Å²) in [4.78, 5) is 18.8. The molecule has 3 rings (SSSR count). The number of carbonyl (C=O) groups is 1. The molecule has 6 nitrogen and oxygen atoms in total. The van der Waals surface area contributed by atoms with Gasteiger partial charge in [0.1, 0.15) is 5.75 Å². The molecular weight excluding hydrogens is 394 g/mol. The van der Waals surface area contributed by atoms with Crippen molar-refractivity contribution in [1.29, 1.82) is 0 Å². The van der Waals surface area contributed by atoms with Gasteiger partial charge in [-0.15, -0.1) is 22.7 Å². The first-order chi connectivity index (χ1) is 13.6. The summed E-state index contributed by atoms with van der Waals surface area (Å²) < 4.78 is 5.23. The Bertz CT molecular complexity index is 923. The number of urea groups is 1. The summed E-state index contributed by atoms with van der Waals surface area (Å²) in [7, 11) is 1.55. The van der Waals surface area contributed by atoms with Crippen molar-refractivity contribution in [3.63, 3.8) is 0 Å². The van der Waals surface area contributed by atoms with E-state index in [0.29, 0.717) is 17.9 Å². The maximum absolute atomic E-state index is 12.0. The first-order valence-corrected chi connectivity index (χ1v) is 10.6. The van der Waals surface area contributed by atoms with Gasteiger partial charge in [0.2, 0.25) is 0 Å². The lowest BCUT2D eigenvalue weighted by atomic mass is 10.1. The summed E-state index contributed by atoms with van der Waals surface area (Å²) in [6.07, 6.45) is -0.0840. The average Bonchev–Trinajstić information content (AvgIpc) is 3.35. The van der Waals surface area contributed by atoms with Gasteiger partial charge >= 0.3 is 6.03 Å². The summed E-state index contributed by atoms with van der Waals surface area (Å²) in [6, 6.07) is 11.0. The van der Waals surface area contributed by atoms with Crippen LogP contribution in [0, 0.1) is 6.92 Å². The number of nitrogens with zero attached hydrogens (tertiary/aromatic N) is 1. The van der Waals surface area contributed by atoms with Crippen LogP contribution in [0.1, 0.15) is 21.6 Å². The average molecular weight is 418 g/mol. The number of methoxy groups -OCH3 is 1. The minimum atomic E-state index is -0.830. The topological polar surface area (TPSA) is 83.5 Å². The van der Waals surface area contributed by atoms with Crippen molar-refractivity contribution < 1.29 is 14.6 Å². The van der Waals surface area contributed by atoms with Crippen LogP contribution in [-0.2, 0) is 6.42 Å². The molecule has 3 aromatic rings. The van der Waals surface area contributed by atoms with Gasteiger partial charge in [-0.25, -0.2) is 9.78 Å². The first kappa shape index (κ1) is 20.3. The van der Waals surface area contributed by atoms with E-state index < -0.39 is 6.10 Å². The zero-order valence-electron chi connectivity index (χ0n) is 15.8. The van der Waals surface area contributed by atoms with E-state index in [0.717, 1.165) is 22.0 Å². The molecule has 0 saturated carbocycles. The van der Waals surface area contributed by atoms with E-state index in [9.17, 15) is 9.90 Å². The molecule has 0 radical (unpaired) electrons. The maximum Gasteiger partial charge on any atom is 0.314 e. The molecule has 0 fully saturated rings. The zero-order valence-corrected chi connectivity index (χ0v) is 17.4. The van der Waals surface area contributed by atoms with Gasteiger partial charge < -0.3 is 20.5 Å². The number of benzene rings is 1. The SMILES string of the molecule is COc1ccccc1C(O)CNC(=O)NCCc1ccc(-c2csc(C)n2)s1. The van der Waals surface area contributed by atoms with Gasteiger partial charge in [-0.3, -0.25) is 0 Å². The fourth-order valence-electron chi connectivity index (χ4n) is 2.73. The Morgan fingerprint density at radius 3 is 2.82 bits per heavy atom. The number of nitrogens with one attached hydrogen (secondary N) is 2. The predicted molar refractivity (Wildman–Crippen MR) is 113 cm³/mol. The number of carbonyl (C=O) groups excluding carboxylic acids is 1. The highest BCUT2D eigenvalue weighted by Gasteiger charge is 2.13. The molecule has 0 spiro atoms. The van der Waals surface area contributed by atoms with Crippen LogP contribution in [0.3, 0.4) is 0 Å². The Labute approximate surface area is 172 Å². The third-order valence-corrected chi connectivity index (χ3v) is 6.09. The van der Waals surface area contributed by atoms with Crippen LogP contribution in [0.25, 0.3) is 10.6 Å². The van der Waals surface area contributed by atoms with Crippen LogP contribution in [-0.4, -0.2) is 36.3 Å². The second-order valence-corrected chi connectivity index (χ2v) is 8.39. The quantitative estimate of drug-likeness (QED) is 0.521. The second kappa shape index (κ2) is 9.68. The lowest BCUT2D eigenvalue weighted by molar-refractivity contribution is 0.169. The number of ether oxygens (including phenoxy) is 1. The highest BCUT2D eigenvalue weighted by molar-refractivity contribution is 7.16. The van der Waals surface area contributed by atoms with Crippen molar-refractivity contribution in [3.8, 4) is 16.3 Å². The lowest BCUT2D eigenvalue weighted by Gasteiger charge is -2.15. The predicted octanol–water partition coefficient (Wildman–Crippen LogP) is 3.76. The number of aliphatic hydroxyl groups is 1. The number of amides is 2. The monoisotopic (exact) mass is 417 g/mol. The molecule has 0 aliphatic heterocycles. The molecule has 0 aliphatic rings. The highest BCUT2D eigenvalue weighted by Crippen LogP contribution is 2.29. The van der Waals surface area contributed by atoms with E-state index in [-0.39, 0.29) is 12.6 Å². The number of aryl methyl sites for hydroxylation is 1. The maximum atomic E-state index is 12.0. The van der Waals surface area contributed by atoms with Crippen LogP contribution < -0.4 is 15.4 Å².